The maximum Gasteiger partial charge on any atom is 0.333 e. The van der Waals surface area contributed by atoms with Gasteiger partial charge in [0, 0.05) is 17.8 Å². The fourth-order valence-corrected chi connectivity index (χ4v) is 3.72. The smallest absolute Gasteiger partial charge is 0.333 e. The number of aromatic nitrogens is 1. The summed E-state index contributed by atoms with van der Waals surface area (Å²) in [5.41, 5.74) is 2.53. The molecule has 9 heteroatoms. The van der Waals surface area contributed by atoms with E-state index < -0.39 is 35.3 Å². The number of ether oxygens (including phenoxy) is 2. The van der Waals surface area contributed by atoms with Crippen molar-refractivity contribution >= 4 is 17.4 Å². The first kappa shape index (κ1) is 26.3. The Hall–Kier alpha value is -4.27. The average molecular weight is 497 g/mol. The van der Waals surface area contributed by atoms with Crippen molar-refractivity contribution in [3.8, 4) is 11.5 Å². The lowest BCUT2D eigenvalue weighted by Crippen LogP contribution is -2.39. The van der Waals surface area contributed by atoms with Crippen molar-refractivity contribution in [3.63, 3.8) is 0 Å². The Morgan fingerprint density at radius 3 is 2.06 bits per heavy atom. The minimum atomic E-state index is -1.12. The molecular weight excluding hydrogens is 470 g/mol. The Labute approximate surface area is 207 Å². The Kier molecular flexibility index (Phi) is 8.03. The summed E-state index contributed by atoms with van der Waals surface area (Å²) in [6, 6.07) is 8.64. The van der Waals surface area contributed by atoms with Gasteiger partial charge in [0.15, 0.2) is 17.2 Å². The summed E-state index contributed by atoms with van der Waals surface area (Å²) in [5, 5.41) is 12.6. The van der Waals surface area contributed by atoms with Crippen molar-refractivity contribution in [1.82, 2.24) is 10.3 Å². The molecule has 0 radical (unpaired) electrons. The minimum absolute atomic E-state index is 0.0538. The molecular formula is C27H26F2N2O5. The summed E-state index contributed by atoms with van der Waals surface area (Å²) < 4.78 is 38.1. The van der Waals surface area contributed by atoms with Crippen molar-refractivity contribution < 1.29 is 33.0 Å². The number of nitrogens with one attached hydrogen (secondary N) is 1. The molecule has 0 aliphatic carbocycles. The number of aryl methyl sites for hydroxylation is 2. The summed E-state index contributed by atoms with van der Waals surface area (Å²) in [5.74, 6) is -2.68. The molecule has 2 N–H and O–H groups in total. The maximum atomic E-state index is 13.8. The van der Waals surface area contributed by atoms with Crippen LogP contribution in [0.15, 0.2) is 54.4 Å². The number of carbonyl (C=O) groups excluding carboxylic acids is 2. The highest BCUT2D eigenvalue weighted by molar-refractivity contribution is 5.98. The highest BCUT2D eigenvalue weighted by atomic mass is 19.1. The van der Waals surface area contributed by atoms with Crippen LogP contribution in [-0.4, -0.2) is 35.1 Å². The number of hydrogen-bond donors (Lipinski definition) is 2. The quantitative estimate of drug-likeness (QED) is 0.359. The number of allylic oxidation sites excluding steroid dienone is 1. The van der Waals surface area contributed by atoms with Gasteiger partial charge in [0.25, 0.3) is 5.91 Å². The summed E-state index contributed by atoms with van der Waals surface area (Å²) in [7, 11) is 1.33. The van der Waals surface area contributed by atoms with E-state index in [0.717, 1.165) is 0 Å². The number of nitrogens with zero attached hydrogens (tertiary/aromatic N) is 1. The molecule has 0 saturated carbocycles. The molecule has 2 aromatic carbocycles. The van der Waals surface area contributed by atoms with E-state index in [1.54, 1.807) is 32.9 Å². The molecule has 0 saturated heterocycles. The molecule has 7 nitrogen and oxygen atoms in total. The van der Waals surface area contributed by atoms with Crippen molar-refractivity contribution in [2.24, 2.45) is 0 Å². The zero-order chi connectivity index (χ0) is 26.6. The zero-order valence-electron chi connectivity index (χ0n) is 20.5. The first-order valence-electron chi connectivity index (χ1n) is 11.0. The summed E-state index contributed by atoms with van der Waals surface area (Å²) in [4.78, 5) is 29.3. The molecule has 0 unspecified atom stereocenters. The maximum absolute atomic E-state index is 13.8. The second kappa shape index (κ2) is 11.0. The topological polar surface area (TPSA) is 97.8 Å². The fraction of sp³-hybridized carbons (Fsp3) is 0.222. The van der Waals surface area contributed by atoms with Crippen molar-refractivity contribution in [1.29, 1.82) is 0 Å². The van der Waals surface area contributed by atoms with Gasteiger partial charge in [0.05, 0.1) is 7.11 Å². The van der Waals surface area contributed by atoms with E-state index in [2.05, 4.69) is 10.3 Å². The van der Waals surface area contributed by atoms with Crippen molar-refractivity contribution in [3.05, 3.63) is 94.0 Å². The van der Waals surface area contributed by atoms with E-state index in [4.69, 9.17) is 9.47 Å². The van der Waals surface area contributed by atoms with E-state index in [1.807, 2.05) is 0 Å². The average Bonchev–Trinajstić information content (AvgIpc) is 2.81. The van der Waals surface area contributed by atoms with Gasteiger partial charge in [-0.1, -0.05) is 12.1 Å². The molecule has 1 heterocycles. The number of aromatic hydroxyl groups is 1. The van der Waals surface area contributed by atoms with Crippen LogP contribution in [0, 0.1) is 25.5 Å². The minimum Gasteiger partial charge on any atom is -0.503 e. The van der Waals surface area contributed by atoms with Crippen LogP contribution in [0.3, 0.4) is 0 Å². The molecule has 36 heavy (non-hydrogen) atoms. The first-order valence-corrected chi connectivity index (χ1v) is 11.0. The van der Waals surface area contributed by atoms with Crippen LogP contribution < -0.4 is 10.1 Å². The van der Waals surface area contributed by atoms with Crippen LogP contribution >= 0.6 is 0 Å². The standard InChI is InChI=1S/C27H26F2N2O5/c1-14-12-18(28)6-8-20(14)23(21-9-7-19(29)13-15(21)2)17(4)36-27(34)16(3)31-26(33)24-25(32)22(35-5)10-11-30-24/h6-13,16,32H,1-5H3,(H,31,33)/t16-/m0/s1. The number of esters is 1. The summed E-state index contributed by atoms with van der Waals surface area (Å²) >= 11 is 0. The SMILES string of the molecule is COc1ccnc(C(=O)N[C@@H](C)C(=O)OC(C)=C(c2ccc(F)cc2C)c2ccc(F)cc2C)c1O. The fourth-order valence-electron chi connectivity index (χ4n) is 3.72. The molecule has 0 aliphatic rings. The van der Waals surface area contributed by atoms with Crippen molar-refractivity contribution in [2.45, 2.75) is 33.7 Å². The monoisotopic (exact) mass is 496 g/mol. The van der Waals surface area contributed by atoms with E-state index in [0.29, 0.717) is 27.8 Å². The number of carbonyl (C=O) groups is 2. The van der Waals surface area contributed by atoms with Crippen LogP contribution in [0.4, 0.5) is 8.78 Å². The largest absolute Gasteiger partial charge is 0.503 e. The second-order valence-electron chi connectivity index (χ2n) is 8.18. The molecule has 0 spiro atoms. The Morgan fingerprint density at radius 1 is 1.00 bits per heavy atom. The van der Waals surface area contributed by atoms with Gasteiger partial charge in [-0.3, -0.25) is 4.79 Å². The number of halogens is 2. The van der Waals surface area contributed by atoms with Gasteiger partial charge >= 0.3 is 5.97 Å². The molecule has 0 bridgehead atoms. The van der Waals surface area contributed by atoms with Gasteiger partial charge < -0.3 is 19.9 Å². The van der Waals surface area contributed by atoms with Crippen LogP contribution in [0.5, 0.6) is 11.5 Å². The molecule has 0 aliphatic heterocycles. The summed E-state index contributed by atoms with van der Waals surface area (Å²) in [6.07, 6.45) is 1.28. The summed E-state index contributed by atoms with van der Waals surface area (Å²) in [6.45, 7) is 6.39. The molecule has 1 amide bonds. The van der Waals surface area contributed by atoms with Gasteiger partial charge in [-0.2, -0.15) is 0 Å². The lowest BCUT2D eigenvalue weighted by Gasteiger charge is -2.19. The highest BCUT2D eigenvalue weighted by Gasteiger charge is 2.24. The zero-order valence-corrected chi connectivity index (χ0v) is 20.5. The van der Waals surface area contributed by atoms with Crippen LogP contribution in [-0.2, 0) is 9.53 Å². The van der Waals surface area contributed by atoms with E-state index in [1.165, 1.54) is 50.6 Å². The van der Waals surface area contributed by atoms with Crippen LogP contribution in [0.25, 0.3) is 5.57 Å². The number of amides is 1. The predicted molar refractivity (Wildman–Crippen MR) is 129 cm³/mol. The Bertz CT molecular complexity index is 1300. The van der Waals surface area contributed by atoms with Gasteiger partial charge in [-0.15, -0.1) is 0 Å². The molecule has 0 fully saturated rings. The molecule has 3 aromatic rings. The highest BCUT2D eigenvalue weighted by Crippen LogP contribution is 2.33. The van der Waals surface area contributed by atoms with Gasteiger partial charge in [-0.25, -0.2) is 18.6 Å². The van der Waals surface area contributed by atoms with Crippen molar-refractivity contribution in [2.75, 3.05) is 7.11 Å². The third-order valence-corrected chi connectivity index (χ3v) is 5.54. The van der Waals surface area contributed by atoms with Gasteiger partial charge in [0.1, 0.15) is 23.4 Å². The Morgan fingerprint density at radius 2 is 1.56 bits per heavy atom. The Balaban J connectivity index is 1.93. The second-order valence-corrected chi connectivity index (χ2v) is 8.18. The van der Waals surface area contributed by atoms with E-state index in [-0.39, 0.29) is 17.2 Å². The molecule has 1 atom stereocenters. The third kappa shape index (κ3) is 5.68. The van der Waals surface area contributed by atoms with E-state index >= 15 is 0 Å². The predicted octanol–water partition coefficient (Wildman–Crippen LogP) is 4.83. The molecule has 188 valence electrons. The number of methoxy groups -OCH3 is 1. The van der Waals surface area contributed by atoms with Crippen LogP contribution in [0.2, 0.25) is 0 Å². The molecule has 3 rings (SSSR count). The first-order chi connectivity index (χ1) is 17.0. The number of hydrogen-bond acceptors (Lipinski definition) is 6. The number of rotatable bonds is 7. The number of benzene rings is 2. The molecule has 1 aromatic heterocycles. The third-order valence-electron chi connectivity index (χ3n) is 5.54. The van der Waals surface area contributed by atoms with E-state index in [9.17, 15) is 23.5 Å². The normalized spacial score (nSPS) is 11.4. The van der Waals surface area contributed by atoms with Crippen LogP contribution in [0.1, 0.15) is 46.6 Å². The number of pyridine rings is 1. The lowest BCUT2D eigenvalue weighted by atomic mass is 9.90. The van der Waals surface area contributed by atoms with Gasteiger partial charge in [-0.05, 0) is 74.2 Å². The van der Waals surface area contributed by atoms with Gasteiger partial charge in [0.2, 0.25) is 0 Å². The lowest BCUT2D eigenvalue weighted by molar-refractivity contribution is -0.141.